The van der Waals surface area contributed by atoms with Crippen LogP contribution in [0.3, 0.4) is 0 Å². The lowest BCUT2D eigenvalue weighted by Gasteiger charge is -1.27. The summed E-state index contributed by atoms with van der Waals surface area (Å²) in [6.07, 6.45) is 0. The van der Waals surface area contributed by atoms with Crippen LogP contribution in [0.2, 0.25) is 0 Å². The summed E-state index contributed by atoms with van der Waals surface area (Å²) >= 11 is 0. The van der Waals surface area contributed by atoms with Crippen LogP contribution < -0.4 is 11.7 Å². The summed E-state index contributed by atoms with van der Waals surface area (Å²) in [6, 6.07) is 0. The van der Waals surface area contributed by atoms with Crippen molar-refractivity contribution in [1.29, 1.82) is 0 Å². The van der Waals surface area contributed by atoms with Crippen molar-refractivity contribution in [2.75, 3.05) is 7.11 Å². The van der Waals surface area contributed by atoms with Crippen LogP contribution >= 0.6 is 0 Å². The highest BCUT2D eigenvalue weighted by atomic mass is 16.2. The van der Waals surface area contributed by atoms with Gasteiger partial charge in [-0.15, -0.1) is 0 Å². The molecule has 0 saturated heterocycles. The number of nitrogens with two attached hydrogens (primary N) is 2. The number of aliphatic hydroxyl groups excluding tert-OH is 1. The van der Waals surface area contributed by atoms with Gasteiger partial charge in [-0.1, -0.05) is 0 Å². The van der Waals surface area contributed by atoms with Gasteiger partial charge in [-0.05, 0) is 0 Å². The van der Waals surface area contributed by atoms with Gasteiger partial charge < -0.3 is 5.11 Å². The van der Waals surface area contributed by atoms with E-state index in [4.69, 9.17) is 5.11 Å². The Labute approximate surface area is 25.2 Å². The molecular formula is CH8N2O. The van der Waals surface area contributed by atoms with Gasteiger partial charge in [0.1, 0.15) is 0 Å². The molecule has 0 aliphatic rings. The zero-order valence-corrected chi connectivity index (χ0v) is 2.60. The van der Waals surface area contributed by atoms with Crippen LogP contribution in [0.15, 0.2) is 0 Å². The van der Waals surface area contributed by atoms with E-state index in [0.717, 1.165) is 7.11 Å². The first-order valence-electron chi connectivity index (χ1n) is 0.781. The number of hydrogen-bond donors (Lipinski definition) is 3. The molecule has 3 heteroatoms. The van der Waals surface area contributed by atoms with E-state index < -0.39 is 0 Å². The van der Waals surface area contributed by atoms with Gasteiger partial charge in [0.2, 0.25) is 0 Å². The number of aliphatic hydroxyl groups is 1. The first-order valence-corrected chi connectivity index (χ1v) is 0.781. The average Bonchev–Trinajstić information content (AvgIpc) is 1.50. The Morgan fingerprint density at radius 1 is 1.25 bits per heavy atom. The minimum atomic E-state index is 1.00. The van der Waals surface area contributed by atoms with E-state index >= 15 is 0 Å². The van der Waals surface area contributed by atoms with Crippen LogP contribution in [-0.4, -0.2) is 12.2 Å². The summed E-state index contributed by atoms with van der Waals surface area (Å²) in [5.41, 5.74) is 0. The number of hydrogen-bond acceptors (Lipinski definition) is 3. The summed E-state index contributed by atoms with van der Waals surface area (Å²) < 4.78 is 0. The van der Waals surface area contributed by atoms with Crippen molar-refractivity contribution in [2.45, 2.75) is 0 Å². The monoisotopic (exact) mass is 64.1 g/mol. The van der Waals surface area contributed by atoms with Gasteiger partial charge in [0.05, 0.1) is 0 Å². The summed E-state index contributed by atoms with van der Waals surface area (Å²) in [7, 11) is 1.00. The molecule has 0 aliphatic carbocycles. The zero-order valence-electron chi connectivity index (χ0n) is 2.60. The highest BCUT2D eigenvalue weighted by molar-refractivity contribution is 3.26. The Morgan fingerprint density at radius 3 is 1.25 bits per heavy atom. The molecule has 0 aromatic heterocycles. The lowest BCUT2D eigenvalue weighted by atomic mass is 11.8. The van der Waals surface area contributed by atoms with Crippen LogP contribution in [0.4, 0.5) is 0 Å². The number of rotatable bonds is 0. The SMILES string of the molecule is CO.NN. The fourth-order valence-corrected chi connectivity index (χ4v) is 0. The molecular weight excluding hydrogens is 56.0 g/mol. The second-order valence-electron chi connectivity index (χ2n) is 0. The fourth-order valence-electron chi connectivity index (χ4n) is 0. The molecule has 28 valence electrons. The third-order valence-corrected chi connectivity index (χ3v) is 0. The van der Waals surface area contributed by atoms with Crippen LogP contribution in [0, 0.1) is 0 Å². The predicted octanol–water partition coefficient (Wildman–Crippen LogP) is -1.57. The van der Waals surface area contributed by atoms with Crippen molar-refractivity contribution in [2.24, 2.45) is 11.7 Å². The minimum absolute atomic E-state index is 1.00. The lowest BCUT2D eigenvalue weighted by molar-refractivity contribution is 0.399. The van der Waals surface area contributed by atoms with E-state index in [-0.39, 0.29) is 0 Å². The molecule has 0 radical (unpaired) electrons. The first kappa shape index (κ1) is 9.11. The molecule has 5 N–H and O–H groups in total. The maximum absolute atomic E-state index is 7.00. The zero-order chi connectivity index (χ0) is 4.00. The first-order chi connectivity index (χ1) is 2.00. The molecule has 0 atom stereocenters. The van der Waals surface area contributed by atoms with Gasteiger partial charge >= 0.3 is 0 Å². The largest absolute Gasteiger partial charge is 0.400 e. The summed E-state index contributed by atoms with van der Waals surface area (Å²) in [6.45, 7) is 0. The molecule has 0 aromatic rings. The molecule has 0 aromatic carbocycles. The van der Waals surface area contributed by atoms with Crippen molar-refractivity contribution in [3.05, 3.63) is 0 Å². The van der Waals surface area contributed by atoms with Crippen LogP contribution in [-0.2, 0) is 0 Å². The summed E-state index contributed by atoms with van der Waals surface area (Å²) in [5, 5.41) is 7.00. The fraction of sp³-hybridized carbons (Fsp3) is 1.00. The van der Waals surface area contributed by atoms with E-state index in [9.17, 15) is 0 Å². The molecule has 0 saturated carbocycles. The number of hydrazine groups is 1. The molecule has 0 fully saturated rings. The molecule has 0 aliphatic heterocycles. The normalized spacial score (nSPS) is 3.00. The van der Waals surface area contributed by atoms with E-state index in [1.165, 1.54) is 0 Å². The Bertz CT molecular complexity index is 6.00. The van der Waals surface area contributed by atoms with Crippen molar-refractivity contribution < 1.29 is 5.11 Å². The van der Waals surface area contributed by atoms with E-state index in [2.05, 4.69) is 11.7 Å². The Hall–Kier alpha value is -0.120. The van der Waals surface area contributed by atoms with Gasteiger partial charge in [0.15, 0.2) is 0 Å². The minimum Gasteiger partial charge on any atom is -0.400 e. The lowest BCUT2D eigenvalue weighted by Crippen LogP contribution is -2.02. The Balaban J connectivity index is 0. The quantitative estimate of drug-likeness (QED) is 0.235. The van der Waals surface area contributed by atoms with Gasteiger partial charge in [-0.2, -0.15) is 0 Å². The standard InChI is InChI=1S/CH4O.H4N2/c2*1-2/h2H,1H3;1-2H2. The second kappa shape index (κ2) is 707. The van der Waals surface area contributed by atoms with Crippen molar-refractivity contribution in [3.63, 3.8) is 0 Å². The average molecular weight is 64.1 g/mol. The predicted molar refractivity (Wildman–Crippen MR) is 16.5 cm³/mol. The highest BCUT2D eigenvalue weighted by Gasteiger charge is 0.839. The van der Waals surface area contributed by atoms with E-state index in [1.54, 1.807) is 0 Å². The van der Waals surface area contributed by atoms with Crippen LogP contribution in [0.25, 0.3) is 0 Å². The molecule has 0 bridgehead atoms. The third-order valence-electron chi connectivity index (χ3n) is 0. The van der Waals surface area contributed by atoms with Crippen molar-refractivity contribution in [3.8, 4) is 0 Å². The maximum atomic E-state index is 7.00. The van der Waals surface area contributed by atoms with E-state index in [0.29, 0.717) is 0 Å². The van der Waals surface area contributed by atoms with Crippen molar-refractivity contribution in [1.82, 2.24) is 0 Å². The second-order valence-corrected chi connectivity index (χ2v) is 0. The van der Waals surface area contributed by atoms with Gasteiger partial charge in [-0.25, -0.2) is 0 Å². The summed E-state index contributed by atoms with van der Waals surface area (Å²) in [4.78, 5) is 0. The smallest absolute Gasteiger partial charge is 0.0319 e. The molecule has 4 heavy (non-hydrogen) atoms. The molecule has 0 rings (SSSR count). The highest BCUT2D eigenvalue weighted by Crippen LogP contribution is 0.755. The molecule has 0 amide bonds. The van der Waals surface area contributed by atoms with Gasteiger partial charge in [0.25, 0.3) is 0 Å². The Kier molecular flexibility index (Phi) is 1610. The van der Waals surface area contributed by atoms with Crippen LogP contribution in [0.5, 0.6) is 0 Å². The topological polar surface area (TPSA) is 72.3 Å². The molecule has 3 nitrogen and oxygen atoms in total. The summed E-state index contributed by atoms with van der Waals surface area (Å²) in [5.74, 6) is 8.00. The third kappa shape index (κ3) is 101. The molecule has 0 heterocycles. The van der Waals surface area contributed by atoms with Crippen molar-refractivity contribution >= 4 is 0 Å². The molecule has 0 spiro atoms. The van der Waals surface area contributed by atoms with E-state index in [1.807, 2.05) is 0 Å². The van der Waals surface area contributed by atoms with Gasteiger partial charge in [0, 0.05) is 7.11 Å². The molecule has 0 unspecified atom stereocenters. The van der Waals surface area contributed by atoms with Gasteiger partial charge in [-0.3, -0.25) is 11.7 Å². The van der Waals surface area contributed by atoms with Crippen LogP contribution in [0.1, 0.15) is 0 Å². The maximum Gasteiger partial charge on any atom is 0.0319 e. The Morgan fingerprint density at radius 2 is 1.25 bits per heavy atom.